The predicted octanol–water partition coefficient (Wildman–Crippen LogP) is 2.66. The second-order valence-electron chi connectivity index (χ2n) is 4.46. The van der Waals surface area contributed by atoms with Gasteiger partial charge in [0.1, 0.15) is 11.9 Å². The standard InChI is InChI=1S/C13H20N2O/c1-3-4-7-15-9-10(2)16-13-6-5-11(14)8-12(13)15/h5-6,8,10H,3-4,7,9,14H2,1-2H3. The van der Waals surface area contributed by atoms with Crippen LogP contribution in [0.2, 0.25) is 0 Å². The van der Waals surface area contributed by atoms with Gasteiger partial charge in [0.25, 0.3) is 0 Å². The summed E-state index contributed by atoms with van der Waals surface area (Å²) in [6.07, 6.45) is 2.68. The number of unbranched alkanes of at least 4 members (excludes halogenated alkanes) is 1. The molecule has 2 N–H and O–H groups in total. The highest BCUT2D eigenvalue weighted by Crippen LogP contribution is 2.35. The summed E-state index contributed by atoms with van der Waals surface area (Å²) in [5.74, 6) is 0.962. The highest BCUT2D eigenvalue weighted by molar-refractivity contribution is 5.66. The van der Waals surface area contributed by atoms with Gasteiger partial charge >= 0.3 is 0 Å². The molecule has 0 spiro atoms. The molecule has 0 radical (unpaired) electrons. The SMILES string of the molecule is CCCCN1CC(C)Oc2ccc(N)cc21. The molecule has 16 heavy (non-hydrogen) atoms. The van der Waals surface area contributed by atoms with Crippen molar-refractivity contribution in [1.29, 1.82) is 0 Å². The Hall–Kier alpha value is -1.38. The highest BCUT2D eigenvalue weighted by Gasteiger charge is 2.22. The van der Waals surface area contributed by atoms with Crippen molar-refractivity contribution >= 4 is 11.4 Å². The average molecular weight is 220 g/mol. The molecule has 1 aliphatic rings. The van der Waals surface area contributed by atoms with E-state index in [9.17, 15) is 0 Å². The molecule has 2 rings (SSSR count). The lowest BCUT2D eigenvalue weighted by Crippen LogP contribution is -2.38. The van der Waals surface area contributed by atoms with E-state index in [-0.39, 0.29) is 6.10 Å². The number of hydrogen-bond acceptors (Lipinski definition) is 3. The van der Waals surface area contributed by atoms with Crippen LogP contribution in [-0.4, -0.2) is 19.2 Å². The average Bonchev–Trinajstić information content (AvgIpc) is 2.26. The molecular weight excluding hydrogens is 200 g/mol. The zero-order chi connectivity index (χ0) is 11.5. The van der Waals surface area contributed by atoms with E-state index < -0.39 is 0 Å². The Morgan fingerprint density at radius 2 is 2.31 bits per heavy atom. The number of benzene rings is 1. The maximum atomic E-state index is 5.83. The van der Waals surface area contributed by atoms with Gasteiger partial charge in [-0.1, -0.05) is 13.3 Å². The monoisotopic (exact) mass is 220 g/mol. The minimum absolute atomic E-state index is 0.257. The summed E-state index contributed by atoms with van der Waals surface area (Å²) >= 11 is 0. The summed E-state index contributed by atoms with van der Waals surface area (Å²) in [5.41, 5.74) is 7.77. The Kier molecular flexibility index (Phi) is 3.22. The molecule has 1 aliphatic heterocycles. The van der Waals surface area contributed by atoms with Crippen molar-refractivity contribution < 1.29 is 4.74 Å². The van der Waals surface area contributed by atoms with E-state index in [2.05, 4.69) is 18.7 Å². The van der Waals surface area contributed by atoms with Crippen LogP contribution >= 0.6 is 0 Å². The molecule has 0 saturated carbocycles. The Morgan fingerprint density at radius 3 is 3.06 bits per heavy atom. The first-order valence-electron chi connectivity index (χ1n) is 6.02. The van der Waals surface area contributed by atoms with Crippen LogP contribution in [0.4, 0.5) is 11.4 Å². The van der Waals surface area contributed by atoms with Crippen LogP contribution in [0.1, 0.15) is 26.7 Å². The van der Waals surface area contributed by atoms with Crippen LogP contribution in [0.3, 0.4) is 0 Å². The minimum Gasteiger partial charge on any atom is -0.487 e. The van der Waals surface area contributed by atoms with Gasteiger partial charge in [0, 0.05) is 12.2 Å². The molecular formula is C13H20N2O. The first kappa shape index (κ1) is 11.1. The smallest absolute Gasteiger partial charge is 0.143 e. The second kappa shape index (κ2) is 4.64. The van der Waals surface area contributed by atoms with Crippen LogP contribution in [0.15, 0.2) is 18.2 Å². The van der Waals surface area contributed by atoms with Crippen molar-refractivity contribution in [1.82, 2.24) is 0 Å². The van der Waals surface area contributed by atoms with Crippen molar-refractivity contribution in [2.24, 2.45) is 0 Å². The van der Waals surface area contributed by atoms with Crippen molar-refractivity contribution in [3.8, 4) is 5.75 Å². The van der Waals surface area contributed by atoms with Crippen LogP contribution in [0.5, 0.6) is 5.75 Å². The first-order chi connectivity index (χ1) is 7.70. The van der Waals surface area contributed by atoms with Gasteiger partial charge in [-0.05, 0) is 31.5 Å². The topological polar surface area (TPSA) is 38.5 Å². The van der Waals surface area contributed by atoms with Gasteiger partial charge in [0.05, 0.1) is 12.2 Å². The predicted molar refractivity (Wildman–Crippen MR) is 68.1 cm³/mol. The molecule has 1 atom stereocenters. The van der Waals surface area contributed by atoms with E-state index in [4.69, 9.17) is 10.5 Å². The van der Waals surface area contributed by atoms with Gasteiger partial charge in [0.15, 0.2) is 0 Å². The number of ether oxygens (including phenoxy) is 1. The number of fused-ring (bicyclic) bond motifs is 1. The fourth-order valence-corrected chi connectivity index (χ4v) is 2.10. The molecule has 3 nitrogen and oxygen atoms in total. The lowest BCUT2D eigenvalue weighted by atomic mass is 10.1. The summed E-state index contributed by atoms with van der Waals surface area (Å²) < 4.78 is 5.80. The summed E-state index contributed by atoms with van der Waals surface area (Å²) in [7, 11) is 0. The lowest BCUT2D eigenvalue weighted by molar-refractivity contribution is 0.212. The number of hydrogen-bond donors (Lipinski definition) is 1. The molecule has 0 amide bonds. The summed E-state index contributed by atoms with van der Waals surface area (Å²) in [5, 5.41) is 0. The maximum Gasteiger partial charge on any atom is 0.143 e. The van der Waals surface area contributed by atoms with Gasteiger partial charge in [-0.3, -0.25) is 0 Å². The molecule has 3 heteroatoms. The normalized spacial score (nSPS) is 19.1. The third kappa shape index (κ3) is 2.23. The molecule has 0 fully saturated rings. The molecule has 1 aromatic rings. The van der Waals surface area contributed by atoms with Gasteiger partial charge in [-0.25, -0.2) is 0 Å². The zero-order valence-corrected chi connectivity index (χ0v) is 10.1. The Balaban J connectivity index is 2.24. The van der Waals surface area contributed by atoms with Crippen LogP contribution in [0.25, 0.3) is 0 Å². The molecule has 0 bridgehead atoms. The molecule has 88 valence electrons. The number of anilines is 2. The van der Waals surface area contributed by atoms with Crippen molar-refractivity contribution in [2.45, 2.75) is 32.8 Å². The number of nitrogens with two attached hydrogens (primary N) is 1. The van der Waals surface area contributed by atoms with Crippen LogP contribution < -0.4 is 15.4 Å². The van der Waals surface area contributed by atoms with E-state index in [0.29, 0.717) is 0 Å². The molecule has 0 aromatic heterocycles. The maximum absolute atomic E-state index is 5.83. The Labute approximate surface area is 97.2 Å². The lowest BCUT2D eigenvalue weighted by Gasteiger charge is -2.35. The molecule has 0 aliphatic carbocycles. The summed E-state index contributed by atoms with van der Waals surface area (Å²) in [6, 6.07) is 5.88. The van der Waals surface area contributed by atoms with E-state index in [1.54, 1.807) is 0 Å². The summed E-state index contributed by atoms with van der Waals surface area (Å²) in [6.45, 7) is 6.36. The third-order valence-corrected chi connectivity index (χ3v) is 2.91. The zero-order valence-electron chi connectivity index (χ0n) is 10.1. The van der Waals surface area contributed by atoms with E-state index in [1.165, 1.54) is 12.8 Å². The van der Waals surface area contributed by atoms with E-state index >= 15 is 0 Å². The van der Waals surface area contributed by atoms with Gasteiger partial charge in [-0.15, -0.1) is 0 Å². The van der Waals surface area contributed by atoms with E-state index in [0.717, 1.165) is 30.2 Å². The molecule has 1 heterocycles. The van der Waals surface area contributed by atoms with Gasteiger partial charge in [0.2, 0.25) is 0 Å². The van der Waals surface area contributed by atoms with Crippen molar-refractivity contribution in [3.05, 3.63) is 18.2 Å². The first-order valence-corrected chi connectivity index (χ1v) is 6.02. The minimum atomic E-state index is 0.257. The van der Waals surface area contributed by atoms with Crippen LogP contribution in [-0.2, 0) is 0 Å². The van der Waals surface area contributed by atoms with Gasteiger partial charge < -0.3 is 15.4 Å². The third-order valence-electron chi connectivity index (χ3n) is 2.91. The molecule has 0 saturated heterocycles. The number of rotatable bonds is 3. The second-order valence-corrected chi connectivity index (χ2v) is 4.46. The number of nitrogens with zero attached hydrogens (tertiary/aromatic N) is 1. The Morgan fingerprint density at radius 1 is 1.50 bits per heavy atom. The quantitative estimate of drug-likeness (QED) is 0.796. The fraction of sp³-hybridized carbons (Fsp3) is 0.538. The van der Waals surface area contributed by atoms with Crippen molar-refractivity contribution in [2.75, 3.05) is 23.7 Å². The number of nitrogen functional groups attached to an aromatic ring is 1. The molecule has 1 aromatic carbocycles. The Bertz CT molecular complexity index is 365. The van der Waals surface area contributed by atoms with E-state index in [1.807, 2.05) is 18.2 Å². The highest BCUT2D eigenvalue weighted by atomic mass is 16.5. The largest absolute Gasteiger partial charge is 0.487 e. The van der Waals surface area contributed by atoms with Crippen molar-refractivity contribution in [3.63, 3.8) is 0 Å². The summed E-state index contributed by atoms with van der Waals surface area (Å²) in [4.78, 5) is 2.38. The van der Waals surface area contributed by atoms with Crippen LogP contribution in [0, 0.1) is 0 Å². The fourth-order valence-electron chi connectivity index (χ4n) is 2.10. The van der Waals surface area contributed by atoms with Gasteiger partial charge in [-0.2, -0.15) is 0 Å². The molecule has 1 unspecified atom stereocenters.